The highest BCUT2D eigenvalue weighted by atomic mass is 79.9. The summed E-state index contributed by atoms with van der Waals surface area (Å²) in [5.41, 5.74) is 1.00. The summed E-state index contributed by atoms with van der Waals surface area (Å²) in [4.78, 5) is 21.8. The van der Waals surface area contributed by atoms with Gasteiger partial charge < -0.3 is 4.90 Å². The van der Waals surface area contributed by atoms with Crippen LogP contribution in [0.1, 0.15) is 25.5 Å². The van der Waals surface area contributed by atoms with E-state index < -0.39 is 0 Å². The van der Waals surface area contributed by atoms with Crippen molar-refractivity contribution >= 4 is 21.8 Å². The van der Waals surface area contributed by atoms with E-state index in [1.165, 1.54) is 6.42 Å². The van der Waals surface area contributed by atoms with Crippen molar-refractivity contribution in [2.75, 3.05) is 13.1 Å². The Morgan fingerprint density at radius 3 is 3.00 bits per heavy atom. The van der Waals surface area contributed by atoms with Crippen LogP contribution in [0.25, 0.3) is 0 Å². The normalized spacial score (nSPS) is 20.4. The Labute approximate surface area is 110 Å². The van der Waals surface area contributed by atoms with Crippen molar-refractivity contribution in [2.24, 2.45) is 5.92 Å². The van der Waals surface area contributed by atoms with Crippen LogP contribution in [0.3, 0.4) is 0 Å². The molecular weight excluding hydrogens is 282 g/mol. The van der Waals surface area contributed by atoms with Gasteiger partial charge >= 0.3 is 0 Å². The Morgan fingerprint density at radius 2 is 2.35 bits per heavy atom. The maximum atomic E-state index is 11.3. The van der Waals surface area contributed by atoms with E-state index in [2.05, 4.69) is 25.9 Å². The number of piperidine rings is 1. The van der Waals surface area contributed by atoms with Gasteiger partial charge in [0.2, 0.25) is 5.91 Å². The van der Waals surface area contributed by atoms with Gasteiger partial charge in [0.25, 0.3) is 0 Å². The molecule has 92 valence electrons. The van der Waals surface area contributed by atoms with Gasteiger partial charge in [-0.2, -0.15) is 0 Å². The fourth-order valence-corrected chi connectivity index (χ4v) is 2.46. The van der Waals surface area contributed by atoms with E-state index in [0.717, 1.165) is 36.2 Å². The van der Waals surface area contributed by atoms with E-state index in [1.807, 2.05) is 4.90 Å². The van der Waals surface area contributed by atoms with Crippen molar-refractivity contribution < 1.29 is 4.79 Å². The Hall–Kier alpha value is -0.970. The van der Waals surface area contributed by atoms with E-state index in [1.54, 1.807) is 19.3 Å². The van der Waals surface area contributed by atoms with Crippen molar-refractivity contribution in [1.29, 1.82) is 0 Å². The van der Waals surface area contributed by atoms with Gasteiger partial charge in [0.15, 0.2) is 0 Å². The Morgan fingerprint density at radius 1 is 1.53 bits per heavy atom. The molecule has 1 amide bonds. The summed E-state index contributed by atoms with van der Waals surface area (Å²) in [6.45, 7) is 3.40. The molecule has 0 N–H and O–H groups in total. The fraction of sp³-hybridized carbons (Fsp3) is 0.583. The smallest absolute Gasteiger partial charge is 0.219 e. The second-order valence-corrected chi connectivity index (χ2v) is 5.32. The molecule has 0 aromatic carbocycles. The number of hydrogen-bond acceptors (Lipinski definition) is 3. The topological polar surface area (TPSA) is 46.1 Å². The standard InChI is InChI=1S/C12H16BrN3O/c1-9(17)16-4-2-3-10(8-16)5-11-6-15-12(13)7-14-11/h6-7,10H,2-5,8H2,1H3/t10-/m0/s1. The lowest BCUT2D eigenvalue weighted by atomic mass is 9.93. The van der Waals surface area contributed by atoms with Gasteiger partial charge in [-0.15, -0.1) is 0 Å². The average molecular weight is 298 g/mol. The van der Waals surface area contributed by atoms with Gasteiger partial charge in [0.05, 0.1) is 11.9 Å². The maximum Gasteiger partial charge on any atom is 0.219 e. The van der Waals surface area contributed by atoms with Crippen molar-refractivity contribution in [1.82, 2.24) is 14.9 Å². The number of aromatic nitrogens is 2. The van der Waals surface area contributed by atoms with Gasteiger partial charge in [-0.05, 0) is 41.1 Å². The number of amides is 1. The Bertz CT molecular complexity index is 393. The molecule has 0 saturated carbocycles. The molecule has 0 spiro atoms. The minimum Gasteiger partial charge on any atom is -0.343 e. The predicted molar refractivity (Wildman–Crippen MR) is 68.4 cm³/mol. The number of likely N-dealkylation sites (tertiary alicyclic amines) is 1. The Balaban J connectivity index is 1.94. The largest absolute Gasteiger partial charge is 0.343 e. The van der Waals surface area contributed by atoms with Crippen molar-refractivity contribution in [3.05, 3.63) is 22.7 Å². The van der Waals surface area contributed by atoms with Crippen LogP contribution in [0.5, 0.6) is 0 Å². The summed E-state index contributed by atoms with van der Waals surface area (Å²) in [5.74, 6) is 0.694. The summed E-state index contributed by atoms with van der Waals surface area (Å²) in [6.07, 6.45) is 6.69. The molecule has 2 heterocycles. The summed E-state index contributed by atoms with van der Waals surface area (Å²) < 4.78 is 0.759. The van der Waals surface area contributed by atoms with E-state index in [9.17, 15) is 4.79 Å². The molecule has 1 aliphatic heterocycles. The molecular formula is C12H16BrN3O. The van der Waals surface area contributed by atoms with Crippen LogP contribution in [0, 0.1) is 5.92 Å². The van der Waals surface area contributed by atoms with Gasteiger partial charge in [-0.25, -0.2) is 4.98 Å². The predicted octanol–water partition coefficient (Wildman–Crippen LogP) is 2.04. The number of rotatable bonds is 2. The third kappa shape index (κ3) is 3.49. The summed E-state index contributed by atoms with van der Waals surface area (Å²) in [5, 5.41) is 0. The maximum absolute atomic E-state index is 11.3. The second kappa shape index (κ2) is 5.58. The average Bonchev–Trinajstić information content (AvgIpc) is 2.32. The molecule has 1 aromatic heterocycles. The molecule has 4 nitrogen and oxygen atoms in total. The third-order valence-corrected chi connectivity index (χ3v) is 3.55. The van der Waals surface area contributed by atoms with Crippen LogP contribution in [-0.4, -0.2) is 33.9 Å². The SMILES string of the molecule is CC(=O)N1CCC[C@@H](Cc2cnc(Br)cn2)C1. The van der Waals surface area contributed by atoms with E-state index in [4.69, 9.17) is 0 Å². The van der Waals surface area contributed by atoms with Crippen LogP contribution in [0.2, 0.25) is 0 Å². The molecule has 0 radical (unpaired) electrons. The number of nitrogens with zero attached hydrogens (tertiary/aromatic N) is 3. The first kappa shape index (κ1) is 12.5. The quantitative estimate of drug-likeness (QED) is 0.839. The van der Waals surface area contributed by atoms with Crippen LogP contribution < -0.4 is 0 Å². The lowest BCUT2D eigenvalue weighted by Gasteiger charge is -2.31. The monoisotopic (exact) mass is 297 g/mol. The molecule has 0 unspecified atom stereocenters. The third-order valence-electron chi connectivity index (χ3n) is 3.14. The number of carbonyl (C=O) groups is 1. The number of halogens is 1. The highest BCUT2D eigenvalue weighted by Gasteiger charge is 2.21. The summed E-state index contributed by atoms with van der Waals surface area (Å²) in [6, 6.07) is 0. The summed E-state index contributed by atoms with van der Waals surface area (Å²) >= 11 is 3.27. The fourth-order valence-electron chi connectivity index (χ4n) is 2.26. The van der Waals surface area contributed by atoms with E-state index in [0.29, 0.717) is 5.92 Å². The zero-order chi connectivity index (χ0) is 12.3. The lowest BCUT2D eigenvalue weighted by molar-refractivity contribution is -0.130. The van der Waals surface area contributed by atoms with Gasteiger partial charge in [0, 0.05) is 26.2 Å². The molecule has 5 heteroatoms. The lowest BCUT2D eigenvalue weighted by Crippen LogP contribution is -2.39. The van der Waals surface area contributed by atoms with Gasteiger partial charge in [-0.3, -0.25) is 9.78 Å². The van der Waals surface area contributed by atoms with Gasteiger partial charge in [-0.1, -0.05) is 0 Å². The Kier molecular flexibility index (Phi) is 4.10. The molecule has 17 heavy (non-hydrogen) atoms. The molecule has 0 bridgehead atoms. The second-order valence-electron chi connectivity index (χ2n) is 4.51. The zero-order valence-electron chi connectivity index (χ0n) is 9.90. The molecule has 1 aliphatic rings. The van der Waals surface area contributed by atoms with Crippen LogP contribution >= 0.6 is 15.9 Å². The minimum absolute atomic E-state index is 0.177. The molecule has 1 fully saturated rings. The number of carbonyl (C=O) groups excluding carboxylic acids is 1. The molecule has 2 rings (SSSR count). The molecule has 1 atom stereocenters. The molecule has 1 aromatic rings. The summed E-state index contributed by atoms with van der Waals surface area (Å²) in [7, 11) is 0. The first-order chi connectivity index (χ1) is 8.15. The molecule has 0 aliphatic carbocycles. The van der Waals surface area contributed by atoms with Crippen LogP contribution in [0.15, 0.2) is 17.0 Å². The van der Waals surface area contributed by atoms with Crippen molar-refractivity contribution in [3.8, 4) is 0 Å². The zero-order valence-corrected chi connectivity index (χ0v) is 11.5. The van der Waals surface area contributed by atoms with E-state index in [-0.39, 0.29) is 5.91 Å². The van der Waals surface area contributed by atoms with Gasteiger partial charge in [0.1, 0.15) is 4.60 Å². The van der Waals surface area contributed by atoms with Crippen molar-refractivity contribution in [3.63, 3.8) is 0 Å². The first-order valence-electron chi connectivity index (χ1n) is 5.87. The van der Waals surface area contributed by atoms with E-state index >= 15 is 0 Å². The number of hydrogen-bond donors (Lipinski definition) is 0. The molecule has 1 saturated heterocycles. The van der Waals surface area contributed by atoms with Crippen molar-refractivity contribution in [2.45, 2.75) is 26.2 Å². The van der Waals surface area contributed by atoms with Crippen LogP contribution in [0.4, 0.5) is 0 Å². The minimum atomic E-state index is 0.177. The van der Waals surface area contributed by atoms with Crippen LogP contribution in [-0.2, 0) is 11.2 Å². The first-order valence-corrected chi connectivity index (χ1v) is 6.66. The highest BCUT2D eigenvalue weighted by molar-refractivity contribution is 9.10. The highest BCUT2D eigenvalue weighted by Crippen LogP contribution is 2.20.